The summed E-state index contributed by atoms with van der Waals surface area (Å²) in [5.74, 6) is 0. The molecule has 1 aromatic heterocycles. The van der Waals surface area contributed by atoms with Crippen molar-refractivity contribution < 1.29 is 17.6 Å². The molecule has 1 unspecified atom stereocenters. The Morgan fingerprint density at radius 1 is 1.21 bits per heavy atom. The van der Waals surface area contributed by atoms with E-state index >= 15 is 0 Å². The molecule has 0 aliphatic carbocycles. The van der Waals surface area contributed by atoms with Crippen molar-refractivity contribution in [3.63, 3.8) is 0 Å². The Morgan fingerprint density at radius 3 is 2.14 bits per heavy atom. The number of nitrogens with zero attached hydrogens (tertiary/aromatic N) is 1. The standard InChI is InChI=1S/C8H6BrF4N/c1-7(10,8(11,12)13)5-2-3-6(9)14-4-5/h2-4H,1H3. The summed E-state index contributed by atoms with van der Waals surface area (Å²) in [6, 6.07) is 2.31. The Balaban J connectivity index is 3.10. The van der Waals surface area contributed by atoms with Gasteiger partial charge in [0.25, 0.3) is 0 Å². The van der Waals surface area contributed by atoms with Crippen molar-refractivity contribution >= 4 is 15.9 Å². The first kappa shape index (κ1) is 11.4. The molecule has 0 spiro atoms. The van der Waals surface area contributed by atoms with Crippen molar-refractivity contribution in [2.24, 2.45) is 0 Å². The SMILES string of the molecule is CC(F)(c1ccc(Br)nc1)C(F)(F)F. The lowest BCUT2D eigenvalue weighted by atomic mass is 9.99. The van der Waals surface area contributed by atoms with Crippen LogP contribution >= 0.6 is 15.9 Å². The minimum atomic E-state index is -4.93. The van der Waals surface area contributed by atoms with E-state index in [1.165, 1.54) is 6.07 Å². The summed E-state index contributed by atoms with van der Waals surface area (Å²) in [6.07, 6.45) is -4.07. The van der Waals surface area contributed by atoms with Crippen LogP contribution in [0.2, 0.25) is 0 Å². The summed E-state index contributed by atoms with van der Waals surface area (Å²) in [5, 5.41) is 0. The van der Waals surface area contributed by atoms with Gasteiger partial charge in [0, 0.05) is 11.8 Å². The van der Waals surface area contributed by atoms with Gasteiger partial charge in [0.2, 0.25) is 5.67 Å². The second kappa shape index (κ2) is 3.49. The molecule has 0 N–H and O–H groups in total. The maximum absolute atomic E-state index is 13.3. The first-order valence-corrected chi connectivity index (χ1v) is 4.42. The second-order valence-corrected chi connectivity index (χ2v) is 3.68. The minimum Gasteiger partial charge on any atom is -0.249 e. The molecule has 0 aromatic carbocycles. The number of alkyl halides is 4. The van der Waals surface area contributed by atoms with E-state index in [0.717, 1.165) is 12.3 Å². The number of rotatable bonds is 1. The molecule has 1 heterocycles. The Morgan fingerprint density at radius 2 is 1.79 bits per heavy atom. The first-order valence-electron chi connectivity index (χ1n) is 3.63. The minimum absolute atomic E-state index is 0.360. The zero-order chi connectivity index (χ0) is 11.0. The Labute approximate surface area is 86.3 Å². The lowest BCUT2D eigenvalue weighted by Crippen LogP contribution is -2.35. The van der Waals surface area contributed by atoms with Gasteiger partial charge in [0.1, 0.15) is 4.60 Å². The maximum Gasteiger partial charge on any atom is 0.426 e. The lowest BCUT2D eigenvalue weighted by molar-refractivity contribution is -0.228. The van der Waals surface area contributed by atoms with E-state index in [0.29, 0.717) is 11.5 Å². The van der Waals surface area contributed by atoms with Crippen LogP contribution in [-0.4, -0.2) is 11.2 Å². The summed E-state index contributed by atoms with van der Waals surface area (Å²) in [5.41, 5.74) is -3.87. The average molecular weight is 272 g/mol. The first-order chi connectivity index (χ1) is 6.25. The molecule has 0 radical (unpaired) electrons. The van der Waals surface area contributed by atoms with Crippen LogP contribution in [0.25, 0.3) is 0 Å². The van der Waals surface area contributed by atoms with E-state index < -0.39 is 17.4 Å². The highest BCUT2D eigenvalue weighted by atomic mass is 79.9. The molecule has 0 fully saturated rings. The van der Waals surface area contributed by atoms with Gasteiger partial charge in [0.15, 0.2) is 0 Å². The Bertz CT molecular complexity index is 317. The summed E-state index contributed by atoms with van der Waals surface area (Å²) in [6.45, 7) is 0.470. The molecule has 1 rings (SSSR count). The highest BCUT2D eigenvalue weighted by molar-refractivity contribution is 9.10. The largest absolute Gasteiger partial charge is 0.426 e. The highest BCUT2D eigenvalue weighted by Crippen LogP contribution is 2.41. The third kappa shape index (κ3) is 2.05. The topological polar surface area (TPSA) is 12.9 Å². The van der Waals surface area contributed by atoms with E-state index in [4.69, 9.17) is 0 Å². The zero-order valence-corrected chi connectivity index (χ0v) is 8.66. The summed E-state index contributed by atoms with van der Waals surface area (Å²) in [7, 11) is 0. The molecule has 0 amide bonds. The summed E-state index contributed by atoms with van der Waals surface area (Å²) >= 11 is 2.95. The lowest BCUT2D eigenvalue weighted by Gasteiger charge is -2.23. The van der Waals surface area contributed by atoms with Gasteiger partial charge in [-0.15, -0.1) is 0 Å². The Kier molecular flexibility index (Phi) is 2.85. The van der Waals surface area contributed by atoms with E-state index in [9.17, 15) is 17.6 Å². The van der Waals surface area contributed by atoms with Crippen LogP contribution in [0.3, 0.4) is 0 Å². The molecule has 0 saturated carbocycles. The predicted octanol–water partition coefficient (Wildman–Crippen LogP) is 3.59. The van der Waals surface area contributed by atoms with Crippen molar-refractivity contribution in [1.29, 1.82) is 0 Å². The molecule has 1 nitrogen and oxygen atoms in total. The van der Waals surface area contributed by atoms with Crippen LogP contribution in [0.15, 0.2) is 22.9 Å². The normalized spacial score (nSPS) is 16.4. The van der Waals surface area contributed by atoms with Gasteiger partial charge in [-0.2, -0.15) is 13.2 Å². The maximum atomic E-state index is 13.3. The van der Waals surface area contributed by atoms with Crippen molar-refractivity contribution in [3.05, 3.63) is 28.5 Å². The number of halogens is 5. The van der Waals surface area contributed by atoms with Gasteiger partial charge >= 0.3 is 6.18 Å². The number of hydrogen-bond acceptors (Lipinski definition) is 1. The quantitative estimate of drug-likeness (QED) is 0.562. The molecule has 0 aliphatic heterocycles. The van der Waals surface area contributed by atoms with E-state index in [1.54, 1.807) is 0 Å². The third-order valence-electron chi connectivity index (χ3n) is 1.80. The monoisotopic (exact) mass is 271 g/mol. The second-order valence-electron chi connectivity index (χ2n) is 2.87. The molecule has 0 saturated heterocycles. The van der Waals surface area contributed by atoms with Gasteiger partial charge in [-0.25, -0.2) is 9.37 Å². The van der Waals surface area contributed by atoms with Crippen molar-refractivity contribution in [2.45, 2.75) is 18.8 Å². The third-order valence-corrected chi connectivity index (χ3v) is 2.27. The number of pyridine rings is 1. The van der Waals surface area contributed by atoms with Crippen LogP contribution in [0, 0.1) is 0 Å². The van der Waals surface area contributed by atoms with Crippen LogP contribution in [0.1, 0.15) is 12.5 Å². The van der Waals surface area contributed by atoms with Crippen LogP contribution in [0.5, 0.6) is 0 Å². The van der Waals surface area contributed by atoms with Gasteiger partial charge in [-0.3, -0.25) is 0 Å². The van der Waals surface area contributed by atoms with E-state index in [1.807, 2.05) is 0 Å². The van der Waals surface area contributed by atoms with Gasteiger partial charge < -0.3 is 0 Å². The van der Waals surface area contributed by atoms with Crippen LogP contribution in [0.4, 0.5) is 17.6 Å². The van der Waals surface area contributed by atoms with Crippen molar-refractivity contribution in [2.75, 3.05) is 0 Å². The molecule has 0 bridgehead atoms. The zero-order valence-electron chi connectivity index (χ0n) is 7.07. The average Bonchev–Trinajstić information content (AvgIpc) is 2.03. The number of hydrogen-bond donors (Lipinski definition) is 0. The molecule has 0 aliphatic rings. The summed E-state index contributed by atoms with van der Waals surface area (Å²) < 4.78 is 50.3. The van der Waals surface area contributed by atoms with E-state index in [-0.39, 0.29) is 0 Å². The number of aromatic nitrogens is 1. The molecule has 1 atom stereocenters. The van der Waals surface area contributed by atoms with Gasteiger partial charge in [-0.1, -0.05) is 6.07 Å². The fraction of sp³-hybridized carbons (Fsp3) is 0.375. The molecular weight excluding hydrogens is 266 g/mol. The van der Waals surface area contributed by atoms with Crippen LogP contribution in [-0.2, 0) is 5.67 Å². The van der Waals surface area contributed by atoms with Crippen LogP contribution < -0.4 is 0 Å². The molecule has 1 aromatic rings. The Hall–Kier alpha value is -0.650. The van der Waals surface area contributed by atoms with Gasteiger partial charge in [-0.05, 0) is 28.9 Å². The summed E-state index contributed by atoms with van der Waals surface area (Å²) in [4.78, 5) is 3.54. The fourth-order valence-electron chi connectivity index (χ4n) is 0.817. The molecular formula is C8H6BrF4N. The van der Waals surface area contributed by atoms with E-state index in [2.05, 4.69) is 20.9 Å². The molecule has 14 heavy (non-hydrogen) atoms. The fourth-order valence-corrected chi connectivity index (χ4v) is 1.05. The van der Waals surface area contributed by atoms with Gasteiger partial charge in [0.05, 0.1) is 0 Å². The predicted molar refractivity (Wildman–Crippen MR) is 46.5 cm³/mol. The van der Waals surface area contributed by atoms with Crippen molar-refractivity contribution in [3.8, 4) is 0 Å². The molecule has 78 valence electrons. The highest BCUT2D eigenvalue weighted by Gasteiger charge is 2.53. The molecule has 6 heteroatoms. The van der Waals surface area contributed by atoms with Crippen molar-refractivity contribution in [1.82, 2.24) is 4.98 Å². The smallest absolute Gasteiger partial charge is 0.249 e.